The maximum absolute atomic E-state index is 12.0. The molecule has 0 unspecified atom stereocenters. The van der Waals surface area contributed by atoms with Gasteiger partial charge in [0.15, 0.2) is 0 Å². The first kappa shape index (κ1) is 15.4. The third-order valence-corrected chi connectivity index (χ3v) is 3.31. The Hall–Kier alpha value is -3.54. The summed E-state index contributed by atoms with van der Waals surface area (Å²) in [4.78, 5) is 27.7. The van der Waals surface area contributed by atoms with Crippen molar-refractivity contribution in [2.45, 2.75) is 0 Å². The molecule has 0 aliphatic rings. The molecule has 0 bridgehead atoms. The highest BCUT2D eigenvalue weighted by Crippen LogP contribution is 2.22. The summed E-state index contributed by atoms with van der Waals surface area (Å²) in [6.07, 6.45) is 4.63. The highest BCUT2D eigenvalue weighted by Gasteiger charge is 2.14. The van der Waals surface area contributed by atoms with Gasteiger partial charge in [-0.05, 0) is 17.5 Å². The molecule has 118 valence electrons. The van der Waals surface area contributed by atoms with Gasteiger partial charge in [0.1, 0.15) is 0 Å². The Labute approximate surface area is 138 Å². The lowest BCUT2D eigenvalue weighted by molar-refractivity contribution is -0.136. The summed E-state index contributed by atoms with van der Waals surface area (Å²) in [6.45, 7) is 0. The van der Waals surface area contributed by atoms with Crippen molar-refractivity contribution in [3.63, 3.8) is 0 Å². The second kappa shape index (κ2) is 7.15. The molecule has 6 heteroatoms. The van der Waals surface area contributed by atoms with Crippen LogP contribution in [0.2, 0.25) is 0 Å². The van der Waals surface area contributed by atoms with Gasteiger partial charge in [0.25, 0.3) is 0 Å². The number of fused-ring (bicyclic) bond motifs is 1. The van der Waals surface area contributed by atoms with Crippen LogP contribution in [0.25, 0.3) is 10.8 Å². The Morgan fingerprint density at radius 3 is 2.62 bits per heavy atom. The van der Waals surface area contributed by atoms with E-state index in [9.17, 15) is 9.59 Å². The monoisotopic (exact) mass is 318 g/mol. The molecule has 0 fully saturated rings. The number of carbonyl (C=O) groups is 2. The summed E-state index contributed by atoms with van der Waals surface area (Å²) in [6, 6.07) is 16.6. The fraction of sp³-hybridized carbons (Fsp3) is 0. The molecule has 0 radical (unpaired) electrons. The molecule has 6 nitrogen and oxygen atoms in total. The molecule has 2 amide bonds. The van der Waals surface area contributed by atoms with E-state index in [1.807, 2.05) is 36.4 Å². The minimum absolute atomic E-state index is 0.574. The number of nitrogens with zero attached hydrogens (tertiary/aromatic N) is 2. The summed E-state index contributed by atoms with van der Waals surface area (Å²) in [7, 11) is 0. The molecule has 0 atom stereocenters. The van der Waals surface area contributed by atoms with Crippen molar-refractivity contribution in [3.8, 4) is 0 Å². The number of aromatic nitrogens is 1. The van der Waals surface area contributed by atoms with Crippen LogP contribution in [0, 0.1) is 0 Å². The Kier molecular flexibility index (Phi) is 4.57. The van der Waals surface area contributed by atoms with Crippen LogP contribution in [0.5, 0.6) is 0 Å². The number of pyridine rings is 1. The predicted molar refractivity (Wildman–Crippen MR) is 92.6 cm³/mol. The number of carbonyl (C=O) groups excluding carboxylic acids is 2. The highest BCUT2D eigenvalue weighted by molar-refractivity contribution is 6.40. The van der Waals surface area contributed by atoms with Gasteiger partial charge in [0, 0.05) is 29.0 Å². The van der Waals surface area contributed by atoms with E-state index in [1.165, 1.54) is 6.21 Å². The number of amides is 2. The van der Waals surface area contributed by atoms with Crippen molar-refractivity contribution in [2.24, 2.45) is 5.10 Å². The summed E-state index contributed by atoms with van der Waals surface area (Å²) in [5.41, 5.74) is 3.48. The van der Waals surface area contributed by atoms with Crippen LogP contribution in [0.4, 0.5) is 5.69 Å². The number of hydrogen-bond acceptors (Lipinski definition) is 4. The summed E-state index contributed by atoms with van der Waals surface area (Å²) < 4.78 is 0. The van der Waals surface area contributed by atoms with Gasteiger partial charge < -0.3 is 5.32 Å². The Balaban J connectivity index is 1.66. The van der Waals surface area contributed by atoms with Gasteiger partial charge in [-0.1, -0.05) is 42.5 Å². The fourth-order valence-corrected chi connectivity index (χ4v) is 2.18. The van der Waals surface area contributed by atoms with Gasteiger partial charge in [-0.2, -0.15) is 5.10 Å². The molecule has 0 saturated heterocycles. The summed E-state index contributed by atoms with van der Waals surface area (Å²) >= 11 is 0. The normalized spacial score (nSPS) is 10.7. The third kappa shape index (κ3) is 3.61. The van der Waals surface area contributed by atoms with Crippen molar-refractivity contribution in [1.29, 1.82) is 0 Å². The standard InChI is InChI=1S/C18H14N4O2/c23-17(18(24)22-20-12-13-5-4-10-19-11-13)21-16-9-3-7-14-6-1-2-8-15(14)16/h1-12H,(H,21,23)(H,22,24)/b20-12+. The first-order chi connectivity index (χ1) is 11.7. The zero-order valence-corrected chi connectivity index (χ0v) is 12.6. The Morgan fingerprint density at radius 1 is 0.958 bits per heavy atom. The van der Waals surface area contributed by atoms with Gasteiger partial charge in [-0.15, -0.1) is 0 Å². The van der Waals surface area contributed by atoms with Crippen LogP contribution >= 0.6 is 0 Å². The molecule has 2 N–H and O–H groups in total. The van der Waals surface area contributed by atoms with Gasteiger partial charge >= 0.3 is 11.8 Å². The maximum Gasteiger partial charge on any atom is 0.329 e. The number of benzene rings is 2. The number of rotatable bonds is 3. The third-order valence-electron chi connectivity index (χ3n) is 3.31. The largest absolute Gasteiger partial charge is 0.329 e. The number of nitrogens with one attached hydrogen (secondary N) is 2. The van der Waals surface area contributed by atoms with Crippen LogP contribution < -0.4 is 10.7 Å². The van der Waals surface area contributed by atoms with Gasteiger partial charge in [-0.25, -0.2) is 5.43 Å². The molecular weight excluding hydrogens is 304 g/mol. The highest BCUT2D eigenvalue weighted by atomic mass is 16.2. The molecule has 24 heavy (non-hydrogen) atoms. The SMILES string of the molecule is O=C(N/N=C/c1cccnc1)C(=O)Nc1cccc2ccccc12. The van der Waals surface area contributed by atoms with Crippen molar-refractivity contribution in [2.75, 3.05) is 5.32 Å². The molecule has 2 aromatic carbocycles. The second-order valence-electron chi connectivity index (χ2n) is 4.97. The molecule has 1 aromatic heterocycles. The molecule has 0 spiro atoms. The van der Waals surface area contributed by atoms with E-state index in [4.69, 9.17) is 0 Å². The van der Waals surface area contributed by atoms with E-state index in [2.05, 4.69) is 20.8 Å². The summed E-state index contributed by atoms with van der Waals surface area (Å²) in [5.74, 6) is -1.63. The number of hydrazone groups is 1. The molecule has 0 aliphatic carbocycles. The molecule has 0 saturated carbocycles. The quantitative estimate of drug-likeness (QED) is 0.441. The number of anilines is 1. The summed E-state index contributed by atoms with van der Waals surface area (Å²) in [5, 5.41) is 8.18. The van der Waals surface area contributed by atoms with Gasteiger partial charge in [-0.3, -0.25) is 14.6 Å². The van der Waals surface area contributed by atoms with Gasteiger partial charge in [0.2, 0.25) is 0 Å². The van der Waals surface area contributed by atoms with E-state index in [-0.39, 0.29) is 0 Å². The maximum atomic E-state index is 12.0. The fourth-order valence-electron chi connectivity index (χ4n) is 2.18. The van der Waals surface area contributed by atoms with Crippen LogP contribution in [0.15, 0.2) is 72.1 Å². The smallest absolute Gasteiger partial charge is 0.317 e. The Morgan fingerprint density at radius 2 is 1.79 bits per heavy atom. The molecule has 1 heterocycles. The first-order valence-electron chi connectivity index (χ1n) is 7.26. The first-order valence-corrected chi connectivity index (χ1v) is 7.26. The van der Waals surface area contributed by atoms with Crippen LogP contribution in [-0.2, 0) is 9.59 Å². The number of hydrogen-bond donors (Lipinski definition) is 2. The second-order valence-corrected chi connectivity index (χ2v) is 4.97. The van der Waals surface area contributed by atoms with E-state index in [0.717, 1.165) is 10.8 Å². The lowest BCUT2D eigenvalue weighted by Gasteiger charge is -2.07. The zero-order chi connectivity index (χ0) is 16.8. The van der Waals surface area contributed by atoms with Crippen LogP contribution in [-0.4, -0.2) is 23.0 Å². The topological polar surface area (TPSA) is 83.5 Å². The Bertz CT molecular complexity index is 902. The minimum Gasteiger partial charge on any atom is -0.317 e. The average Bonchev–Trinajstić information content (AvgIpc) is 2.63. The lowest BCUT2D eigenvalue weighted by atomic mass is 10.1. The van der Waals surface area contributed by atoms with E-state index in [0.29, 0.717) is 11.3 Å². The molecular formula is C18H14N4O2. The van der Waals surface area contributed by atoms with E-state index in [1.54, 1.807) is 30.6 Å². The van der Waals surface area contributed by atoms with Crippen LogP contribution in [0.3, 0.4) is 0 Å². The van der Waals surface area contributed by atoms with Crippen molar-refractivity contribution in [1.82, 2.24) is 10.4 Å². The van der Waals surface area contributed by atoms with E-state index >= 15 is 0 Å². The minimum atomic E-state index is -0.844. The zero-order valence-electron chi connectivity index (χ0n) is 12.6. The van der Waals surface area contributed by atoms with E-state index < -0.39 is 11.8 Å². The van der Waals surface area contributed by atoms with Crippen LogP contribution in [0.1, 0.15) is 5.56 Å². The van der Waals surface area contributed by atoms with Crippen molar-refractivity contribution >= 4 is 34.5 Å². The lowest BCUT2D eigenvalue weighted by Crippen LogP contribution is -2.32. The van der Waals surface area contributed by atoms with Gasteiger partial charge in [0.05, 0.1) is 6.21 Å². The predicted octanol–water partition coefficient (Wildman–Crippen LogP) is 2.32. The molecule has 3 rings (SSSR count). The van der Waals surface area contributed by atoms with Crippen molar-refractivity contribution < 1.29 is 9.59 Å². The molecule has 3 aromatic rings. The van der Waals surface area contributed by atoms with Crippen molar-refractivity contribution in [3.05, 3.63) is 72.6 Å². The molecule has 0 aliphatic heterocycles. The average molecular weight is 318 g/mol.